The van der Waals surface area contributed by atoms with Crippen molar-refractivity contribution >= 4 is 17.9 Å². The molecule has 3 atom stereocenters. The number of hydrazine groups is 1. The Hall–Kier alpha value is -3.25. The number of esters is 3. The third-order valence-electron chi connectivity index (χ3n) is 8.22. The molecule has 12 nitrogen and oxygen atoms in total. The Bertz CT molecular complexity index is 1250. The summed E-state index contributed by atoms with van der Waals surface area (Å²) in [7, 11) is 1.87. The smallest absolute Gasteiger partial charge is 0.359 e. The van der Waals surface area contributed by atoms with E-state index in [4.69, 9.17) is 14.2 Å². The molecule has 0 spiro atoms. The van der Waals surface area contributed by atoms with Crippen LogP contribution in [0.3, 0.4) is 0 Å². The Kier molecular flexibility index (Phi) is 10.2. The molecule has 1 aliphatic carbocycles. The number of aryl methyl sites for hydroxylation is 3. The highest BCUT2D eigenvalue weighted by Crippen LogP contribution is 2.27. The van der Waals surface area contributed by atoms with E-state index in [9.17, 15) is 14.4 Å². The second kappa shape index (κ2) is 13.6. The third kappa shape index (κ3) is 6.81. The second-order valence-corrected chi connectivity index (χ2v) is 11.0. The molecule has 0 aromatic carbocycles. The van der Waals surface area contributed by atoms with Gasteiger partial charge in [0.05, 0.1) is 38.6 Å². The van der Waals surface area contributed by atoms with Gasteiger partial charge in [0.15, 0.2) is 5.69 Å². The first-order valence-corrected chi connectivity index (χ1v) is 14.8. The lowest BCUT2D eigenvalue weighted by Crippen LogP contribution is -2.41. The van der Waals surface area contributed by atoms with Crippen LogP contribution in [0, 0.1) is 19.8 Å². The van der Waals surface area contributed by atoms with E-state index in [1.54, 1.807) is 11.6 Å². The molecule has 0 bridgehead atoms. The highest BCUT2D eigenvalue weighted by atomic mass is 16.5. The van der Waals surface area contributed by atoms with E-state index < -0.39 is 5.97 Å². The predicted octanol–water partition coefficient (Wildman–Crippen LogP) is 2.78. The molecule has 12 heteroatoms. The molecule has 1 saturated heterocycles. The van der Waals surface area contributed by atoms with Gasteiger partial charge in [-0.3, -0.25) is 19.6 Å². The minimum Gasteiger partial charge on any atom is -0.465 e. The van der Waals surface area contributed by atoms with E-state index in [2.05, 4.69) is 22.5 Å². The maximum atomic E-state index is 13.0. The molecule has 1 aliphatic heterocycles. The number of hydrogen-bond donors (Lipinski definition) is 1. The number of ether oxygens (including phenoxy) is 3. The molecule has 0 amide bonds. The molecular formula is C29H44N6O6. The largest absolute Gasteiger partial charge is 0.465 e. The quantitative estimate of drug-likeness (QED) is 0.217. The molecule has 3 heterocycles. The predicted molar refractivity (Wildman–Crippen MR) is 150 cm³/mol. The van der Waals surface area contributed by atoms with Crippen LogP contribution in [0.25, 0.3) is 0 Å². The van der Waals surface area contributed by atoms with Crippen LogP contribution in [0.5, 0.6) is 0 Å². The molecule has 4 rings (SSSR count). The molecule has 1 fully saturated rings. The zero-order valence-corrected chi connectivity index (χ0v) is 25.2. The summed E-state index contributed by atoms with van der Waals surface area (Å²) < 4.78 is 19.6. The van der Waals surface area contributed by atoms with Crippen LogP contribution in [0.4, 0.5) is 0 Å². The normalized spacial score (nSPS) is 19.3. The van der Waals surface area contributed by atoms with E-state index in [1.165, 1.54) is 0 Å². The number of aromatic nitrogens is 4. The van der Waals surface area contributed by atoms with Crippen LogP contribution in [0.15, 0.2) is 0 Å². The summed E-state index contributed by atoms with van der Waals surface area (Å²) in [4.78, 5) is 37.7. The summed E-state index contributed by atoms with van der Waals surface area (Å²) in [5, 5.41) is 11.0. The third-order valence-corrected chi connectivity index (χ3v) is 8.22. The van der Waals surface area contributed by atoms with Gasteiger partial charge in [0.25, 0.3) is 0 Å². The first-order chi connectivity index (χ1) is 19.7. The molecule has 2 aromatic rings. The number of nitrogens with zero attached hydrogens (tertiary/aromatic N) is 5. The lowest BCUT2D eigenvalue weighted by atomic mass is 9.93. The van der Waals surface area contributed by atoms with E-state index in [1.807, 2.05) is 37.5 Å². The average molecular weight is 573 g/mol. The van der Waals surface area contributed by atoms with Crippen molar-refractivity contribution in [1.29, 1.82) is 0 Å². The van der Waals surface area contributed by atoms with Gasteiger partial charge in [-0.05, 0) is 72.1 Å². The minimum absolute atomic E-state index is 0.163. The molecule has 2 aromatic heterocycles. The number of rotatable bonds is 13. The number of hydrogen-bond acceptors (Lipinski definition) is 10. The minimum atomic E-state index is -0.395. The molecule has 2 aliphatic rings. The van der Waals surface area contributed by atoms with Crippen molar-refractivity contribution in [2.45, 2.75) is 98.3 Å². The monoisotopic (exact) mass is 572 g/mol. The molecule has 1 N–H and O–H groups in total. The van der Waals surface area contributed by atoms with Crippen molar-refractivity contribution in [2.24, 2.45) is 5.92 Å². The number of likely N-dealkylation sites (N-methyl/N-ethyl adjacent to an activating group) is 1. The number of fused-ring (bicyclic) bond motifs is 1. The fourth-order valence-electron chi connectivity index (χ4n) is 5.83. The molecule has 41 heavy (non-hydrogen) atoms. The fraction of sp³-hybridized carbons (Fsp3) is 0.690. The average Bonchev–Trinajstić information content (AvgIpc) is 3.70. The zero-order chi connectivity index (χ0) is 29.7. The fourth-order valence-corrected chi connectivity index (χ4v) is 5.83. The molecule has 3 unspecified atom stereocenters. The van der Waals surface area contributed by atoms with Crippen molar-refractivity contribution in [2.75, 3.05) is 26.9 Å². The lowest BCUT2D eigenvalue weighted by Gasteiger charge is -2.20. The summed E-state index contributed by atoms with van der Waals surface area (Å²) in [6, 6.07) is -0.119. The standard InChI is InChI=1S/C29H44N6O6/c1-7-39-27(36)24-17-22(31-33(24)6)18(3)11-10-16-41-28(37)25-21-12-9-13-23(21)34(32-25)14-15-35-26(29(38)40-8-2)19(4)20(5)30-35/h18,22,24,31H,7-17H2,1-6H3. The maximum Gasteiger partial charge on any atom is 0.359 e. The van der Waals surface area contributed by atoms with Crippen molar-refractivity contribution < 1.29 is 28.6 Å². The van der Waals surface area contributed by atoms with Crippen LogP contribution in [-0.2, 0) is 44.9 Å². The van der Waals surface area contributed by atoms with Gasteiger partial charge in [-0.1, -0.05) is 6.92 Å². The second-order valence-electron chi connectivity index (χ2n) is 11.0. The van der Waals surface area contributed by atoms with Gasteiger partial charge in [0, 0.05) is 29.9 Å². The maximum absolute atomic E-state index is 13.0. The summed E-state index contributed by atoms with van der Waals surface area (Å²) in [5.41, 5.74) is 7.83. The van der Waals surface area contributed by atoms with E-state index >= 15 is 0 Å². The zero-order valence-electron chi connectivity index (χ0n) is 25.2. The van der Waals surface area contributed by atoms with Crippen LogP contribution >= 0.6 is 0 Å². The molecular weight excluding hydrogens is 528 g/mol. The first kappa shape index (κ1) is 30.7. The van der Waals surface area contributed by atoms with Gasteiger partial charge in [0.2, 0.25) is 0 Å². The summed E-state index contributed by atoms with van der Waals surface area (Å²) in [6.07, 6.45) is 4.88. The van der Waals surface area contributed by atoms with Crippen molar-refractivity contribution in [1.82, 2.24) is 30.0 Å². The highest BCUT2D eigenvalue weighted by Gasteiger charge is 2.37. The molecule has 0 radical (unpaired) electrons. The van der Waals surface area contributed by atoms with Gasteiger partial charge in [0.1, 0.15) is 11.7 Å². The van der Waals surface area contributed by atoms with Gasteiger partial charge in [-0.2, -0.15) is 10.2 Å². The van der Waals surface area contributed by atoms with E-state index in [0.717, 1.165) is 54.6 Å². The lowest BCUT2D eigenvalue weighted by molar-refractivity contribution is -0.148. The summed E-state index contributed by atoms with van der Waals surface area (Å²) >= 11 is 0. The van der Waals surface area contributed by atoms with E-state index in [0.29, 0.717) is 56.6 Å². The Balaban J connectivity index is 1.31. The van der Waals surface area contributed by atoms with Gasteiger partial charge in [-0.25, -0.2) is 14.6 Å². The van der Waals surface area contributed by atoms with Gasteiger partial charge < -0.3 is 14.2 Å². The van der Waals surface area contributed by atoms with Gasteiger partial charge >= 0.3 is 17.9 Å². The van der Waals surface area contributed by atoms with Crippen molar-refractivity contribution in [3.63, 3.8) is 0 Å². The van der Waals surface area contributed by atoms with E-state index in [-0.39, 0.29) is 24.0 Å². The number of carbonyl (C=O) groups is 3. The van der Waals surface area contributed by atoms with Crippen LogP contribution in [0.1, 0.15) is 89.9 Å². The highest BCUT2D eigenvalue weighted by molar-refractivity contribution is 5.90. The van der Waals surface area contributed by atoms with Crippen LogP contribution in [0.2, 0.25) is 0 Å². The van der Waals surface area contributed by atoms with Crippen LogP contribution < -0.4 is 5.43 Å². The van der Waals surface area contributed by atoms with Gasteiger partial charge in [-0.15, -0.1) is 0 Å². The molecule has 0 saturated carbocycles. The van der Waals surface area contributed by atoms with Crippen LogP contribution in [-0.4, -0.2) is 81.4 Å². The first-order valence-electron chi connectivity index (χ1n) is 14.8. The van der Waals surface area contributed by atoms with Crippen molar-refractivity contribution in [3.8, 4) is 0 Å². The SMILES string of the molecule is CCOC(=O)c1c(C)c(C)nn1CCn1nc(C(=O)OCCCC(C)C2CC(C(=O)OCC)N(C)N2)c2c1CCC2. The summed E-state index contributed by atoms with van der Waals surface area (Å²) in [5.74, 6) is -0.682. The Morgan fingerprint density at radius 1 is 1.00 bits per heavy atom. The Morgan fingerprint density at radius 3 is 2.46 bits per heavy atom. The Morgan fingerprint density at radius 2 is 1.73 bits per heavy atom. The number of nitrogens with one attached hydrogen (secondary N) is 1. The number of carbonyl (C=O) groups excluding carboxylic acids is 3. The summed E-state index contributed by atoms with van der Waals surface area (Å²) in [6.45, 7) is 11.4. The topological polar surface area (TPSA) is 130 Å². The molecule has 226 valence electrons. The van der Waals surface area contributed by atoms with Crippen molar-refractivity contribution in [3.05, 3.63) is 33.9 Å². The Labute approximate surface area is 241 Å².